The number of hydrogen-bond donors (Lipinski definition) is 1. The van der Waals surface area contributed by atoms with E-state index in [-0.39, 0.29) is 55.1 Å². The van der Waals surface area contributed by atoms with Crippen LogP contribution in [0.3, 0.4) is 0 Å². The maximum atomic E-state index is 8.66. The van der Waals surface area contributed by atoms with Crippen LogP contribution in [0.15, 0.2) is 0 Å². The maximum absolute atomic E-state index is 8.66. The molecule has 0 aromatic rings. The van der Waals surface area contributed by atoms with Gasteiger partial charge in [-0.3, -0.25) is 0 Å². The van der Waals surface area contributed by atoms with Gasteiger partial charge in [0, 0.05) is 0 Å². The Morgan fingerprint density at radius 3 is 0.846 bits per heavy atom. The van der Waals surface area contributed by atoms with E-state index >= 15 is 0 Å². The third-order valence-electron chi connectivity index (χ3n) is 0. The summed E-state index contributed by atoms with van der Waals surface area (Å²) in [5, 5.41) is 0. The van der Waals surface area contributed by atoms with Crippen molar-refractivity contribution < 1.29 is 76.2 Å². The third-order valence-corrected chi connectivity index (χ3v) is 0. The molecule has 0 saturated heterocycles. The minimum atomic E-state index is -5.39. The smallest absolute Gasteiger partial charge is 0.822 e. The number of phosphoric acid groups is 2. The van der Waals surface area contributed by atoms with Gasteiger partial charge in [0.15, 0.2) is 0 Å². The van der Waals surface area contributed by atoms with E-state index in [0.29, 0.717) is 0 Å². The summed E-state index contributed by atoms with van der Waals surface area (Å²) in [7, 11) is -10.5. The zero-order valence-corrected chi connectivity index (χ0v) is 9.72. The molecule has 0 radical (unpaired) electrons. The Hall–Kier alpha value is 1.95. The molecular formula is HAlLi2O8P2. The molecule has 13 heteroatoms. The van der Waals surface area contributed by atoms with Crippen molar-refractivity contribution in [3.8, 4) is 0 Å². The van der Waals surface area contributed by atoms with Gasteiger partial charge in [-0.15, -0.1) is 0 Å². The average Bonchev–Trinajstić information content (AvgIpc) is 1.12. The van der Waals surface area contributed by atoms with Crippen molar-refractivity contribution in [3.63, 3.8) is 0 Å². The van der Waals surface area contributed by atoms with Crippen LogP contribution in [0.25, 0.3) is 0 Å². The monoisotopic (exact) mass is 232 g/mol. The quantitative estimate of drug-likeness (QED) is 0.316. The van der Waals surface area contributed by atoms with Crippen molar-refractivity contribution in [2.75, 3.05) is 0 Å². The Labute approximate surface area is 109 Å². The first-order valence-corrected chi connectivity index (χ1v) is 4.43. The zero-order valence-electron chi connectivity index (χ0n) is 6.78. The molecular weight excluding hydrogens is 231 g/mol. The van der Waals surface area contributed by atoms with Crippen LogP contribution in [-0.2, 0) is 9.13 Å². The van der Waals surface area contributed by atoms with Crippen molar-refractivity contribution in [1.82, 2.24) is 0 Å². The van der Waals surface area contributed by atoms with Gasteiger partial charge in [0.1, 0.15) is 0 Å². The molecule has 0 rings (SSSR count). The second-order valence-electron chi connectivity index (χ2n) is 0.916. The van der Waals surface area contributed by atoms with Gasteiger partial charge in [-0.2, -0.15) is 7.82 Å². The molecule has 0 saturated carbocycles. The molecule has 0 aromatic carbocycles. The van der Waals surface area contributed by atoms with Crippen LogP contribution in [0.5, 0.6) is 0 Å². The minimum Gasteiger partial charge on any atom is -0.822 e. The second-order valence-corrected chi connectivity index (χ2v) is 2.75. The van der Waals surface area contributed by atoms with Gasteiger partial charge in [0.05, 0.1) is 7.82 Å². The fraction of sp³-hybridized carbons (Fsp3) is 0. The third kappa shape index (κ3) is 525. The van der Waals surface area contributed by atoms with Gasteiger partial charge < -0.3 is 38.5 Å². The van der Waals surface area contributed by atoms with Crippen LogP contribution < -0.4 is 62.2 Å². The Balaban J connectivity index is -0.0000000267. The van der Waals surface area contributed by atoms with E-state index in [2.05, 4.69) is 0 Å². The molecule has 1 N–H and O–H groups in total. The Kier molecular flexibility index (Phi) is 27.2. The average molecular weight is 232 g/mol. The molecule has 0 heterocycles. The fourth-order valence-corrected chi connectivity index (χ4v) is 0. The van der Waals surface area contributed by atoms with Gasteiger partial charge in [0.2, 0.25) is 0 Å². The molecule has 0 aliphatic heterocycles. The van der Waals surface area contributed by atoms with Crippen molar-refractivity contribution in [3.05, 3.63) is 0 Å². The summed E-state index contributed by atoms with van der Waals surface area (Å²) in [4.78, 5) is 49.9. The van der Waals surface area contributed by atoms with E-state index in [1.54, 1.807) is 0 Å². The SMILES string of the molecule is O=P([O-])([O-])O.O=P([O-])([O-])[O-].[Al+3].[Li+].[Li+]. The van der Waals surface area contributed by atoms with Gasteiger partial charge in [-0.1, -0.05) is 0 Å². The molecule has 8 nitrogen and oxygen atoms in total. The summed E-state index contributed by atoms with van der Waals surface area (Å²) in [5.74, 6) is 0. The second kappa shape index (κ2) is 12.0. The summed E-state index contributed by atoms with van der Waals surface area (Å²) < 4.78 is 17.2. The van der Waals surface area contributed by atoms with E-state index in [4.69, 9.17) is 38.5 Å². The van der Waals surface area contributed by atoms with E-state index in [9.17, 15) is 0 Å². The summed E-state index contributed by atoms with van der Waals surface area (Å²) in [6.45, 7) is 0. The maximum Gasteiger partial charge on any atom is 3.00 e. The van der Waals surface area contributed by atoms with Crippen LogP contribution in [0.2, 0.25) is 0 Å². The molecule has 0 aliphatic rings. The fourth-order valence-electron chi connectivity index (χ4n) is 0. The van der Waals surface area contributed by atoms with Crippen LogP contribution >= 0.6 is 15.6 Å². The first-order valence-electron chi connectivity index (χ1n) is 1.48. The Bertz CT molecular complexity index is 132. The zero-order chi connectivity index (χ0) is 9.00. The summed E-state index contributed by atoms with van der Waals surface area (Å²) in [6, 6.07) is 0. The normalized spacial score (nSPS) is 9.08. The van der Waals surface area contributed by atoms with Crippen LogP contribution in [0.4, 0.5) is 0 Å². The standard InChI is InChI=1S/Al.2Li.2H3O4P/c;;;2*1-5(2,3)4/h;;;2*(H3,1,2,3,4)/q+3;2*+1;;/p-5. The molecule has 0 unspecified atom stereocenters. The predicted molar refractivity (Wildman–Crippen MR) is 23.2 cm³/mol. The molecule has 0 fully saturated rings. The number of hydrogen-bond acceptors (Lipinski definition) is 7. The molecule has 0 bridgehead atoms. The largest absolute Gasteiger partial charge is 3.00 e. The van der Waals surface area contributed by atoms with Crippen molar-refractivity contribution in [1.29, 1.82) is 0 Å². The molecule has 0 aliphatic carbocycles. The first-order chi connectivity index (χ1) is 4.00. The van der Waals surface area contributed by atoms with Crippen molar-refractivity contribution in [2.24, 2.45) is 0 Å². The predicted octanol–water partition coefficient (Wildman–Crippen LogP) is -11.4. The molecule has 0 atom stereocenters. The van der Waals surface area contributed by atoms with E-state index < -0.39 is 15.6 Å². The van der Waals surface area contributed by atoms with Crippen LogP contribution in [-0.4, -0.2) is 22.3 Å². The first kappa shape index (κ1) is 29.4. The minimum absolute atomic E-state index is 0. The Morgan fingerprint density at radius 2 is 0.846 bits per heavy atom. The Morgan fingerprint density at radius 1 is 0.846 bits per heavy atom. The molecule has 0 spiro atoms. The van der Waals surface area contributed by atoms with Gasteiger partial charge >= 0.3 is 55.1 Å². The molecule has 0 amide bonds. The van der Waals surface area contributed by atoms with Crippen LogP contribution in [0, 0.1) is 0 Å². The van der Waals surface area contributed by atoms with Crippen molar-refractivity contribution in [2.45, 2.75) is 0 Å². The summed E-state index contributed by atoms with van der Waals surface area (Å²) >= 11 is 0. The van der Waals surface area contributed by atoms with E-state index in [1.807, 2.05) is 0 Å². The summed E-state index contributed by atoms with van der Waals surface area (Å²) in [5.41, 5.74) is 0. The van der Waals surface area contributed by atoms with E-state index in [0.717, 1.165) is 0 Å². The summed E-state index contributed by atoms with van der Waals surface area (Å²) in [6.07, 6.45) is 0. The van der Waals surface area contributed by atoms with Gasteiger partial charge in [-0.25, -0.2) is 0 Å². The topological polar surface area (TPSA) is 170 Å². The van der Waals surface area contributed by atoms with Crippen molar-refractivity contribution >= 4 is 33.0 Å². The van der Waals surface area contributed by atoms with Crippen LogP contribution in [0.1, 0.15) is 0 Å². The molecule has 0 aromatic heterocycles. The van der Waals surface area contributed by atoms with Gasteiger partial charge in [0.25, 0.3) is 0 Å². The number of rotatable bonds is 0. The van der Waals surface area contributed by atoms with Gasteiger partial charge in [-0.05, 0) is 0 Å². The van der Waals surface area contributed by atoms with E-state index in [1.165, 1.54) is 0 Å². The molecule has 64 valence electrons. The molecule has 13 heavy (non-hydrogen) atoms.